The average Bonchev–Trinajstić information content (AvgIpc) is 2.65. The van der Waals surface area contributed by atoms with Crippen molar-refractivity contribution in [2.45, 2.75) is 13.0 Å². The lowest BCUT2D eigenvalue weighted by atomic mass is 9.99. The van der Waals surface area contributed by atoms with Gasteiger partial charge in [-0.05, 0) is 24.6 Å². The predicted octanol–water partition coefficient (Wildman–Crippen LogP) is 1.47. The van der Waals surface area contributed by atoms with E-state index in [1.807, 2.05) is 0 Å². The van der Waals surface area contributed by atoms with Crippen LogP contribution in [0.15, 0.2) is 22.9 Å². The first-order valence-electron chi connectivity index (χ1n) is 4.51. The molecule has 0 spiro atoms. The Hall–Kier alpha value is -1.35. The lowest BCUT2D eigenvalue weighted by Gasteiger charge is -2.15. The molecule has 0 saturated heterocycles. The molecule has 66 valence electrons. The zero-order valence-electron chi connectivity index (χ0n) is 7.21. The summed E-state index contributed by atoms with van der Waals surface area (Å²) in [7, 11) is 0. The van der Waals surface area contributed by atoms with Crippen molar-refractivity contribution < 1.29 is 4.52 Å². The number of fused-ring (bicyclic) bond motifs is 3. The molecule has 0 fully saturated rings. The molecular formula is C10H10N2O. The molecule has 0 saturated carbocycles. The smallest absolute Gasteiger partial charge is 0.171 e. The highest BCUT2D eigenvalue weighted by molar-refractivity contribution is 5.80. The Bertz CT molecular complexity index is 447. The maximum Gasteiger partial charge on any atom is 0.171 e. The van der Waals surface area contributed by atoms with Gasteiger partial charge in [0.2, 0.25) is 0 Å². The van der Waals surface area contributed by atoms with Crippen molar-refractivity contribution in [3.05, 3.63) is 29.5 Å². The third kappa shape index (κ3) is 0.971. The SMILES string of the molecule is c1cc2cnoc2c2c1CCNC2. The van der Waals surface area contributed by atoms with Crippen LogP contribution < -0.4 is 5.32 Å². The van der Waals surface area contributed by atoms with Gasteiger partial charge in [0, 0.05) is 17.5 Å². The van der Waals surface area contributed by atoms with E-state index < -0.39 is 0 Å². The van der Waals surface area contributed by atoms with Gasteiger partial charge in [-0.2, -0.15) is 0 Å². The first-order chi connectivity index (χ1) is 6.45. The minimum absolute atomic E-state index is 0.905. The molecule has 1 aliphatic heterocycles. The summed E-state index contributed by atoms with van der Waals surface area (Å²) < 4.78 is 5.23. The van der Waals surface area contributed by atoms with Crippen LogP contribution in [0.3, 0.4) is 0 Å². The van der Waals surface area contributed by atoms with Crippen molar-refractivity contribution in [1.82, 2.24) is 10.5 Å². The second-order valence-corrected chi connectivity index (χ2v) is 3.37. The molecule has 1 N–H and O–H groups in total. The summed E-state index contributed by atoms with van der Waals surface area (Å²) in [6, 6.07) is 4.26. The largest absolute Gasteiger partial charge is 0.356 e. The quantitative estimate of drug-likeness (QED) is 0.657. The van der Waals surface area contributed by atoms with Gasteiger partial charge >= 0.3 is 0 Å². The standard InChI is InChI=1S/C10H10N2O/c1-2-8-5-12-13-10(8)9-6-11-4-3-7(1)9/h1-2,5,11H,3-4,6H2. The summed E-state index contributed by atoms with van der Waals surface area (Å²) in [5.74, 6) is 0. The molecular weight excluding hydrogens is 164 g/mol. The third-order valence-corrected chi connectivity index (χ3v) is 2.60. The van der Waals surface area contributed by atoms with Gasteiger partial charge in [-0.1, -0.05) is 11.2 Å². The van der Waals surface area contributed by atoms with E-state index >= 15 is 0 Å². The zero-order chi connectivity index (χ0) is 8.67. The molecule has 3 rings (SSSR count). The molecule has 3 nitrogen and oxygen atoms in total. The normalized spacial score (nSPS) is 16.0. The summed E-state index contributed by atoms with van der Waals surface area (Å²) in [4.78, 5) is 0. The fourth-order valence-corrected chi connectivity index (χ4v) is 1.90. The highest BCUT2D eigenvalue weighted by atomic mass is 16.5. The van der Waals surface area contributed by atoms with Crippen molar-refractivity contribution in [3.63, 3.8) is 0 Å². The van der Waals surface area contributed by atoms with Crippen LogP contribution in [-0.4, -0.2) is 11.7 Å². The number of rotatable bonds is 0. The number of nitrogens with zero attached hydrogens (tertiary/aromatic N) is 1. The van der Waals surface area contributed by atoms with Gasteiger partial charge in [-0.3, -0.25) is 0 Å². The first-order valence-corrected chi connectivity index (χ1v) is 4.51. The van der Waals surface area contributed by atoms with E-state index in [9.17, 15) is 0 Å². The molecule has 0 bridgehead atoms. The molecule has 1 aromatic carbocycles. The lowest BCUT2D eigenvalue weighted by molar-refractivity contribution is 0.451. The van der Waals surface area contributed by atoms with E-state index in [-0.39, 0.29) is 0 Å². The lowest BCUT2D eigenvalue weighted by Crippen LogP contribution is -2.23. The molecule has 0 atom stereocenters. The molecule has 13 heavy (non-hydrogen) atoms. The van der Waals surface area contributed by atoms with Crippen molar-refractivity contribution >= 4 is 11.0 Å². The number of hydrogen-bond acceptors (Lipinski definition) is 3. The maximum atomic E-state index is 5.23. The van der Waals surface area contributed by atoms with E-state index in [1.165, 1.54) is 11.1 Å². The number of benzene rings is 1. The second kappa shape index (κ2) is 2.57. The molecule has 1 aromatic heterocycles. The third-order valence-electron chi connectivity index (χ3n) is 2.60. The summed E-state index contributed by atoms with van der Waals surface area (Å²) in [5, 5.41) is 8.24. The summed E-state index contributed by atoms with van der Waals surface area (Å²) in [6.45, 7) is 1.97. The monoisotopic (exact) mass is 174 g/mol. The Morgan fingerprint density at radius 2 is 2.38 bits per heavy atom. The van der Waals surface area contributed by atoms with Crippen LogP contribution in [0.4, 0.5) is 0 Å². The van der Waals surface area contributed by atoms with Crippen molar-refractivity contribution in [1.29, 1.82) is 0 Å². The number of nitrogens with one attached hydrogen (secondary N) is 1. The van der Waals surface area contributed by atoms with Gasteiger partial charge in [0.1, 0.15) is 0 Å². The zero-order valence-corrected chi connectivity index (χ0v) is 7.21. The van der Waals surface area contributed by atoms with Crippen LogP contribution in [0.5, 0.6) is 0 Å². The Labute approximate surface area is 75.7 Å². The molecule has 0 radical (unpaired) electrons. The molecule has 1 aliphatic rings. The highest BCUT2D eigenvalue weighted by Crippen LogP contribution is 2.24. The fraction of sp³-hybridized carbons (Fsp3) is 0.300. The average molecular weight is 174 g/mol. The Kier molecular flexibility index (Phi) is 1.40. The molecule has 0 unspecified atom stereocenters. The predicted molar refractivity (Wildman–Crippen MR) is 49.4 cm³/mol. The first kappa shape index (κ1) is 7.09. The van der Waals surface area contributed by atoms with Crippen molar-refractivity contribution in [2.24, 2.45) is 0 Å². The van der Waals surface area contributed by atoms with Crippen molar-refractivity contribution in [2.75, 3.05) is 6.54 Å². The van der Waals surface area contributed by atoms with Crippen LogP contribution in [0.25, 0.3) is 11.0 Å². The molecule has 0 aliphatic carbocycles. The van der Waals surface area contributed by atoms with Gasteiger partial charge < -0.3 is 9.84 Å². The van der Waals surface area contributed by atoms with Crippen LogP contribution in [0.2, 0.25) is 0 Å². The topological polar surface area (TPSA) is 38.1 Å². The Balaban J connectivity index is 2.34. The molecule has 0 amide bonds. The highest BCUT2D eigenvalue weighted by Gasteiger charge is 2.13. The second-order valence-electron chi connectivity index (χ2n) is 3.37. The van der Waals surface area contributed by atoms with Crippen LogP contribution in [0, 0.1) is 0 Å². The summed E-state index contributed by atoms with van der Waals surface area (Å²) in [5.41, 5.74) is 3.62. The summed E-state index contributed by atoms with van der Waals surface area (Å²) in [6.07, 6.45) is 2.86. The van der Waals surface area contributed by atoms with Crippen LogP contribution >= 0.6 is 0 Å². The molecule has 2 aromatic rings. The van der Waals surface area contributed by atoms with Gasteiger partial charge in [0.15, 0.2) is 5.58 Å². The van der Waals surface area contributed by atoms with Crippen LogP contribution in [-0.2, 0) is 13.0 Å². The van der Waals surface area contributed by atoms with E-state index in [1.54, 1.807) is 6.20 Å². The number of aromatic nitrogens is 1. The van der Waals surface area contributed by atoms with E-state index in [4.69, 9.17) is 4.52 Å². The number of hydrogen-bond donors (Lipinski definition) is 1. The minimum Gasteiger partial charge on any atom is -0.356 e. The molecule has 3 heteroatoms. The Morgan fingerprint density at radius 3 is 3.38 bits per heavy atom. The van der Waals surface area contributed by atoms with Gasteiger partial charge in [0.05, 0.1) is 6.20 Å². The Morgan fingerprint density at radius 1 is 1.38 bits per heavy atom. The minimum atomic E-state index is 0.905. The van der Waals surface area contributed by atoms with Crippen LogP contribution in [0.1, 0.15) is 11.1 Å². The van der Waals surface area contributed by atoms with E-state index in [2.05, 4.69) is 22.6 Å². The maximum absolute atomic E-state index is 5.23. The fourth-order valence-electron chi connectivity index (χ4n) is 1.90. The van der Waals surface area contributed by atoms with E-state index in [0.29, 0.717) is 0 Å². The van der Waals surface area contributed by atoms with E-state index in [0.717, 1.165) is 30.5 Å². The van der Waals surface area contributed by atoms with Gasteiger partial charge in [0.25, 0.3) is 0 Å². The van der Waals surface area contributed by atoms with Crippen molar-refractivity contribution in [3.8, 4) is 0 Å². The summed E-state index contributed by atoms with van der Waals surface area (Å²) >= 11 is 0. The van der Waals surface area contributed by atoms with Gasteiger partial charge in [-0.25, -0.2) is 0 Å². The molecule has 2 heterocycles. The van der Waals surface area contributed by atoms with Gasteiger partial charge in [-0.15, -0.1) is 0 Å².